The number of nitrogens with zero attached hydrogens (tertiary/aromatic N) is 3. The van der Waals surface area contributed by atoms with E-state index < -0.39 is 9.84 Å². The molecule has 0 radical (unpaired) electrons. The Hall–Kier alpha value is -3.97. The quantitative estimate of drug-likeness (QED) is 0.371. The van der Waals surface area contributed by atoms with Gasteiger partial charge < -0.3 is 4.74 Å². The van der Waals surface area contributed by atoms with E-state index in [4.69, 9.17) is 9.72 Å². The molecule has 0 amide bonds. The van der Waals surface area contributed by atoms with Crippen molar-refractivity contribution in [2.45, 2.75) is 4.90 Å². The Morgan fingerprint density at radius 1 is 0.812 bits per heavy atom. The number of benzene rings is 3. The average Bonchev–Trinajstić information content (AvgIpc) is 3.19. The normalized spacial score (nSPS) is 11.5. The third-order valence-corrected chi connectivity index (χ3v) is 6.20. The Labute approximate surface area is 185 Å². The van der Waals surface area contributed by atoms with Gasteiger partial charge >= 0.3 is 0 Å². The molecule has 5 aromatic rings. The lowest BCUT2D eigenvalue weighted by Gasteiger charge is -2.11. The number of sulfone groups is 1. The van der Waals surface area contributed by atoms with E-state index >= 15 is 0 Å². The van der Waals surface area contributed by atoms with Gasteiger partial charge in [-0.1, -0.05) is 18.2 Å². The van der Waals surface area contributed by atoms with Crippen LogP contribution in [-0.2, 0) is 9.84 Å². The predicted molar refractivity (Wildman–Crippen MR) is 124 cm³/mol. The van der Waals surface area contributed by atoms with Crippen LogP contribution < -0.4 is 4.74 Å². The fourth-order valence-corrected chi connectivity index (χ4v) is 4.16. The van der Waals surface area contributed by atoms with Crippen LogP contribution in [0.15, 0.2) is 102 Å². The van der Waals surface area contributed by atoms with Crippen molar-refractivity contribution in [3.63, 3.8) is 0 Å². The Bertz CT molecular complexity index is 1490. The topological polar surface area (TPSA) is 74.1 Å². The summed E-state index contributed by atoms with van der Waals surface area (Å²) in [5.74, 6) is 2.20. The lowest BCUT2D eigenvalue weighted by atomic mass is 10.2. The van der Waals surface area contributed by atoms with Gasteiger partial charge in [0.1, 0.15) is 22.8 Å². The van der Waals surface area contributed by atoms with E-state index in [0.717, 1.165) is 33.8 Å². The van der Waals surface area contributed by atoms with E-state index in [1.165, 1.54) is 6.26 Å². The van der Waals surface area contributed by atoms with E-state index in [9.17, 15) is 8.42 Å². The highest BCUT2D eigenvalue weighted by atomic mass is 32.2. The minimum Gasteiger partial charge on any atom is -0.457 e. The first-order valence-corrected chi connectivity index (χ1v) is 11.8. The van der Waals surface area contributed by atoms with Gasteiger partial charge in [0.2, 0.25) is 0 Å². The summed E-state index contributed by atoms with van der Waals surface area (Å²) in [6.45, 7) is 0. The zero-order chi connectivity index (χ0) is 22.1. The highest BCUT2D eigenvalue weighted by Crippen LogP contribution is 2.30. The Balaban J connectivity index is 1.58. The maximum Gasteiger partial charge on any atom is 0.175 e. The summed E-state index contributed by atoms with van der Waals surface area (Å²) in [7, 11) is -3.27. The van der Waals surface area contributed by atoms with Crippen molar-refractivity contribution in [2.24, 2.45) is 0 Å². The molecule has 0 unspecified atom stereocenters. The van der Waals surface area contributed by atoms with Gasteiger partial charge in [0.25, 0.3) is 0 Å². The molecule has 7 heteroatoms. The summed E-state index contributed by atoms with van der Waals surface area (Å²) >= 11 is 0. The second kappa shape index (κ2) is 7.94. The van der Waals surface area contributed by atoms with E-state index in [1.54, 1.807) is 36.7 Å². The minimum absolute atomic E-state index is 0.271. The second-order valence-corrected chi connectivity index (χ2v) is 9.36. The zero-order valence-corrected chi connectivity index (χ0v) is 18.0. The van der Waals surface area contributed by atoms with Crippen LogP contribution in [0.1, 0.15) is 0 Å². The molecule has 0 spiro atoms. The first-order valence-electron chi connectivity index (χ1n) is 9.95. The van der Waals surface area contributed by atoms with Gasteiger partial charge in [-0.2, -0.15) is 0 Å². The second-order valence-electron chi connectivity index (χ2n) is 7.34. The van der Waals surface area contributed by atoms with Crippen molar-refractivity contribution in [1.82, 2.24) is 14.5 Å². The molecule has 0 saturated heterocycles. The molecular formula is C25H19N3O3S. The van der Waals surface area contributed by atoms with Crippen molar-refractivity contribution >= 4 is 20.9 Å². The number of imidazole rings is 1. The number of aromatic nitrogens is 3. The summed E-state index contributed by atoms with van der Waals surface area (Å²) in [5.41, 5.74) is 3.36. The molecule has 0 atom stereocenters. The van der Waals surface area contributed by atoms with Crippen molar-refractivity contribution in [3.05, 3.63) is 97.3 Å². The van der Waals surface area contributed by atoms with E-state index in [-0.39, 0.29) is 4.90 Å². The van der Waals surface area contributed by atoms with Crippen LogP contribution in [0.25, 0.3) is 28.1 Å². The van der Waals surface area contributed by atoms with Gasteiger partial charge in [-0.05, 0) is 66.7 Å². The Kier molecular flexibility index (Phi) is 4.95. The number of ether oxygens (including phenoxy) is 1. The molecule has 0 bridgehead atoms. The molecule has 0 aliphatic rings. The van der Waals surface area contributed by atoms with Gasteiger partial charge in [-0.3, -0.25) is 9.55 Å². The maximum atomic E-state index is 11.8. The number of para-hydroxylation sites is 1. The lowest BCUT2D eigenvalue weighted by Crippen LogP contribution is -1.99. The van der Waals surface area contributed by atoms with Crippen LogP contribution in [0.2, 0.25) is 0 Å². The van der Waals surface area contributed by atoms with Crippen LogP contribution in [0.3, 0.4) is 0 Å². The molecule has 5 rings (SSSR count). The van der Waals surface area contributed by atoms with Crippen LogP contribution >= 0.6 is 0 Å². The molecule has 32 heavy (non-hydrogen) atoms. The van der Waals surface area contributed by atoms with E-state index in [2.05, 4.69) is 4.98 Å². The highest BCUT2D eigenvalue weighted by molar-refractivity contribution is 7.90. The van der Waals surface area contributed by atoms with Crippen LogP contribution in [0.4, 0.5) is 0 Å². The van der Waals surface area contributed by atoms with E-state index in [1.807, 2.05) is 65.2 Å². The van der Waals surface area contributed by atoms with Gasteiger partial charge in [-0.25, -0.2) is 13.4 Å². The van der Waals surface area contributed by atoms with Gasteiger partial charge in [0, 0.05) is 23.7 Å². The highest BCUT2D eigenvalue weighted by Gasteiger charge is 2.16. The molecule has 6 nitrogen and oxygen atoms in total. The number of fused-ring (bicyclic) bond motifs is 1. The summed E-state index contributed by atoms with van der Waals surface area (Å²) in [5, 5.41) is 0. The summed E-state index contributed by atoms with van der Waals surface area (Å²) in [6.07, 6.45) is 4.64. The lowest BCUT2D eigenvalue weighted by molar-refractivity contribution is 0.482. The first-order chi connectivity index (χ1) is 15.5. The smallest absolute Gasteiger partial charge is 0.175 e. The summed E-state index contributed by atoms with van der Waals surface area (Å²) in [6, 6.07) is 26.0. The van der Waals surface area contributed by atoms with Gasteiger partial charge in [0.05, 0.1) is 16.6 Å². The summed E-state index contributed by atoms with van der Waals surface area (Å²) < 4.78 is 31.6. The number of hydrogen-bond donors (Lipinski definition) is 0. The molecule has 2 heterocycles. The summed E-state index contributed by atoms with van der Waals surface area (Å²) in [4.78, 5) is 9.22. The van der Waals surface area contributed by atoms with Crippen molar-refractivity contribution in [3.8, 4) is 28.6 Å². The molecule has 0 fully saturated rings. The van der Waals surface area contributed by atoms with Crippen molar-refractivity contribution < 1.29 is 13.2 Å². The molecule has 2 aromatic heterocycles. The van der Waals surface area contributed by atoms with Crippen molar-refractivity contribution in [1.29, 1.82) is 0 Å². The number of hydrogen-bond acceptors (Lipinski definition) is 5. The molecule has 0 aliphatic carbocycles. The molecule has 3 aromatic carbocycles. The fraction of sp³-hybridized carbons (Fsp3) is 0.0400. The monoisotopic (exact) mass is 441 g/mol. The largest absolute Gasteiger partial charge is 0.457 e. The minimum atomic E-state index is -3.27. The molecule has 158 valence electrons. The third-order valence-electron chi connectivity index (χ3n) is 5.07. The van der Waals surface area contributed by atoms with E-state index in [0.29, 0.717) is 5.82 Å². The van der Waals surface area contributed by atoms with Gasteiger partial charge in [-0.15, -0.1) is 0 Å². The first kappa shape index (κ1) is 20.0. The van der Waals surface area contributed by atoms with Crippen LogP contribution in [0.5, 0.6) is 11.5 Å². The third kappa shape index (κ3) is 3.86. The molecule has 0 saturated carbocycles. The molecular weight excluding hydrogens is 422 g/mol. The zero-order valence-electron chi connectivity index (χ0n) is 17.2. The molecule has 0 aliphatic heterocycles. The maximum absolute atomic E-state index is 11.8. The Morgan fingerprint density at radius 2 is 1.50 bits per heavy atom. The fourth-order valence-electron chi connectivity index (χ4n) is 3.53. The van der Waals surface area contributed by atoms with Gasteiger partial charge in [0.15, 0.2) is 9.84 Å². The van der Waals surface area contributed by atoms with Crippen LogP contribution in [0, 0.1) is 0 Å². The van der Waals surface area contributed by atoms with Crippen LogP contribution in [-0.4, -0.2) is 29.2 Å². The number of pyridine rings is 1. The predicted octanol–water partition coefficient (Wildman–Crippen LogP) is 5.28. The average molecular weight is 442 g/mol. The van der Waals surface area contributed by atoms with Crippen molar-refractivity contribution in [2.75, 3.05) is 6.26 Å². The molecule has 0 N–H and O–H groups in total. The standard InChI is InChI=1S/C25H19N3O3S/c1-32(29,30)22-13-7-18(8-14-22)25-27-23-17-26-16-15-24(23)28(25)19-9-11-21(12-10-19)31-20-5-3-2-4-6-20/h2-17H,1H3. The SMILES string of the molecule is CS(=O)(=O)c1ccc(-c2nc3cnccc3n2-c2ccc(Oc3ccccc3)cc2)cc1. The number of rotatable bonds is 5. The Morgan fingerprint density at radius 3 is 2.19 bits per heavy atom.